The number of ketones is 2. The first-order valence-corrected chi connectivity index (χ1v) is 12.7. The van der Waals surface area contributed by atoms with E-state index < -0.39 is 11.9 Å². The quantitative estimate of drug-likeness (QED) is 0.356. The zero-order chi connectivity index (χ0) is 26.3. The number of hydrogen-bond donors (Lipinski definition) is 2. The Bertz CT molecular complexity index is 1320. The number of nitrogens with zero attached hydrogens (tertiary/aromatic N) is 2. The van der Waals surface area contributed by atoms with E-state index in [2.05, 4.69) is 29.0 Å². The Labute approximate surface area is 214 Å². The number of carbonyl (C=O) groups excluding carboxylic acids is 5. The number of Topliss-reactive ketones (excluding diaryl/α,β-unsaturated/α-hetero) is 2. The summed E-state index contributed by atoms with van der Waals surface area (Å²) in [6, 6.07) is 8.41. The minimum atomic E-state index is -0.711. The van der Waals surface area contributed by atoms with E-state index in [0.717, 1.165) is 12.2 Å². The number of imide groups is 1. The summed E-state index contributed by atoms with van der Waals surface area (Å²) in [7, 11) is 0. The maximum Gasteiger partial charge on any atom is 0.255 e. The van der Waals surface area contributed by atoms with E-state index in [-0.39, 0.29) is 67.1 Å². The number of nitrogens with one attached hydrogen (secondary N) is 2. The number of hydrogen-bond acceptors (Lipinski definition) is 6. The van der Waals surface area contributed by atoms with Crippen molar-refractivity contribution in [2.75, 3.05) is 5.32 Å². The van der Waals surface area contributed by atoms with Crippen LogP contribution in [0.2, 0.25) is 0 Å². The monoisotopic (exact) mass is 502 g/mol. The van der Waals surface area contributed by atoms with Crippen LogP contribution in [0.4, 0.5) is 5.69 Å². The molecule has 3 amide bonds. The van der Waals surface area contributed by atoms with Gasteiger partial charge in [0.1, 0.15) is 6.04 Å². The van der Waals surface area contributed by atoms with Crippen molar-refractivity contribution < 1.29 is 24.0 Å². The number of allylic oxidation sites excluding steroid dienone is 1. The molecular formula is C28H30N4O5. The maximum absolute atomic E-state index is 13.0. The average Bonchev–Trinajstić information content (AvgIpc) is 3.43. The molecular weight excluding hydrogens is 472 g/mol. The third kappa shape index (κ3) is 4.73. The average molecular weight is 503 g/mol. The predicted octanol–water partition coefficient (Wildman–Crippen LogP) is 2.92. The first-order chi connectivity index (χ1) is 17.7. The van der Waals surface area contributed by atoms with E-state index in [0.29, 0.717) is 22.7 Å². The van der Waals surface area contributed by atoms with Crippen LogP contribution in [0.25, 0.3) is 0 Å². The smallest absolute Gasteiger partial charge is 0.255 e. The van der Waals surface area contributed by atoms with Crippen LogP contribution in [0.3, 0.4) is 0 Å². The highest BCUT2D eigenvalue weighted by molar-refractivity contribution is 6.22. The number of carbonyl (C=O) groups is 5. The van der Waals surface area contributed by atoms with E-state index in [1.54, 1.807) is 18.2 Å². The lowest BCUT2D eigenvalue weighted by Crippen LogP contribution is -2.52. The SMILES string of the molecule is CC(C)Cn1cccc1C1CC(=O)C(=CNc2cccc3c2CN(C2CCC(=O)NC2=O)C3=O)C(=O)C1. The van der Waals surface area contributed by atoms with Crippen LogP contribution in [0.1, 0.15) is 67.1 Å². The zero-order valence-electron chi connectivity index (χ0n) is 21.0. The van der Waals surface area contributed by atoms with Crippen molar-refractivity contribution in [3.63, 3.8) is 0 Å². The van der Waals surface area contributed by atoms with Crippen LogP contribution in [0.5, 0.6) is 0 Å². The fourth-order valence-electron chi connectivity index (χ4n) is 5.49. The van der Waals surface area contributed by atoms with Crippen LogP contribution < -0.4 is 10.6 Å². The molecule has 0 radical (unpaired) electrons. The van der Waals surface area contributed by atoms with Crippen LogP contribution >= 0.6 is 0 Å². The Balaban J connectivity index is 1.31. The molecule has 1 aliphatic carbocycles. The lowest BCUT2D eigenvalue weighted by Gasteiger charge is -2.29. The van der Waals surface area contributed by atoms with Gasteiger partial charge in [-0.05, 0) is 36.6 Å². The zero-order valence-corrected chi connectivity index (χ0v) is 21.0. The molecule has 2 aliphatic heterocycles. The van der Waals surface area contributed by atoms with E-state index in [9.17, 15) is 24.0 Å². The number of anilines is 1. The van der Waals surface area contributed by atoms with Gasteiger partial charge in [0.25, 0.3) is 5.91 Å². The second-order valence-electron chi connectivity index (χ2n) is 10.4. The maximum atomic E-state index is 13.0. The third-order valence-corrected chi connectivity index (χ3v) is 7.26. The Morgan fingerprint density at radius 3 is 2.51 bits per heavy atom. The van der Waals surface area contributed by atoms with Crippen molar-refractivity contribution in [2.45, 2.75) is 64.6 Å². The van der Waals surface area contributed by atoms with Gasteiger partial charge < -0.3 is 14.8 Å². The molecule has 1 unspecified atom stereocenters. The van der Waals surface area contributed by atoms with E-state index in [1.165, 1.54) is 11.1 Å². The topological polar surface area (TPSA) is 118 Å². The molecule has 1 aromatic carbocycles. The highest BCUT2D eigenvalue weighted by atomic mass is 16.2. The van der Waals surface area contributed by atoms with Crippen molar-refractivity contribution >= 4 is 35.0 Å². The third-order valence-electron chi connectivity index (χ3n) is 7.26. The molecule has 1 saturated heterocycles. The van der Waals surface area contributed by atoms with E-state index in [4.69, 9.17) is 0 Å². The first-order valence-electron chi connectivity index (χ1n) is 12.7. The largest absolute Gasteiger partial charge is 0.361 e. The highest BCUT2D eigenvalue weighted by Crippen LogP contribution is 2.34. The molecule has 1 aromatic heterocycles. The van der Waals surface area contributed by atoms with Crippen molar-refractivity contribution in [1.29, 1.82) is 0 Å². The van der Waals surface area contributed by atoms with E-state index in [1.807, 2.05) is 18.3 Å². The first kappa shape index (κ1) is 24.7. The molecule has 5 rings (SSSR count). The van der Waals surface area contributed by atoms with Gasteiger partial charge in [-0.2, -0.15) is 0 Å². The molecule has 9 heteroatoms. The molecule has 1 atom stereocenters. The summed E-state index contributed by atoms with van der Waals surface area (Å²) >= 11 is 0. The number of fused-ring (bicyclic) bond motifs is 1. The summed E-state index contributed by atoms with van der Waals surface area (Å²) in [4.78, 5) is 64.4. The van der Waals surface area contributed by atoms with Gasteiger partial charge in [0, 0.05) is 73.2 Å². The molecule has 3 heterocycles. The molecule has 3 aliphatic rings. The van der Waals surface area contributed by atoms with Crippen LogP contribution in [0.15, 0.2) is 48.3 Å². The summed E-state index contributed by atoms with van der Waals surface area (Å²) in [5.74, 6) is -1.20. The molecule has 9 nitrogen and oxygen atoms in total. The molecule has 2 aromatic rings. The molecule has 0 spiro atoms. The van der Waals surface area contributed by atoms with Gasteiger partial charge in [-0.1, -0.05) is 19.9 Å². The summed E-state index contributed by atoms with van der Waals surface area (Å²) in [5.41, 5.74) is 2.88. The molecule has 2 fully saturated rings. The second-order valence-corrected chi connectivity index (χ2v) is 10.4. The summed E-state index contributed by atoms with van der Waals surface area (Å²) in [6.07, 6.45) is 4.42. The molecule has 1 saturated carbocycles. The lowest BCUT2D eigenvalue weighted by atomic mass is 9.82. The van der Waals surface area contributed by atoms with Gasteiger partial charge in [0.15, 0.2) is 11.6 Å². The predicted molar refractivity (Wildman–Crippen MR) is 135 cm³/mol. The Hall–Kier alpha value is -4.01. The fraction of sp³-hybridized carbons (Fsp3) is 0.393. The number of amides is 3. The highest BCUT2D eigenvalue weighted by Gasteiger charge is 2.40. The van der Waals surface area contributed by atoms with Crippen LogP contribution in [-0.2, 0) is 32.3 Å². The molecule has 192 valence electrons. The van der Waals surface area contributed by atoms with Gasteiger partial charge in [0.05, 0.1) is 5.57 Å². The van der Waals surface area contributed by atoms with Gasteiger partial charge in [-0.15, -0.1) is 0 Å². The number of benzene rings is 1. The van der Waals surface area contributed by atoms with E-state index >= 15 is 0 Å². The van der Waals surface area contributed by atoms with Crippen molar-refractivity contribution in [3.05, 3.63) is 65.1 Å². The van der Waals surface area contributed by atoms with Crippen molar-refractivity contribution in [3.8, 4) is 0 Å². The number of aromatic nitrogens is 1. The Kier molecular flexibility index (Phi) is 6.54. The minimum absolute atomic E-state index is 0.127. The van der Waals surface area contributed by atoms with Crippen molar-refractivity contribution in [1.82, 2.24) is 14.8 Å². The van der Waals surface area contributed by atoms with Crippen molar-refractivity contribution in [2.24, 2.45) is 5.92 Å². The lowest BCUT2D eigenvalue weighted by molar-refractivity contribution is -0.137. The summed E-state index contributed by atoms with van der Waals surface area (Å²) < 4.78 is 2.13. The normalized spacial score (nSPS) is 22.0. The molecule has 0 bridgehead atoms. The van der Waals surface area contributed by atoms with Crippen LogP contribution in [0, 0.1) is 5.92 Å². The van der Waals surface area contributed by atoms with Gasteiger partial charge in [-0.25, -0.2) is 0 Å². The van der Waals surface area contributed by atoms with Gasteiger partial charge in [-0.3, -0.25) is 29.3 Å². The minimum Gasteiger partial charge on any atom is -0.361 e. The fourth-order valence-corrected chi connectivity index (χ4v) is 5.49. The standard InChI is InChI=1S/C28H30N4O5/c1-16(2)14-31-10-4-7-22(31)17-11-24(33)19(25(34)12-17)13-29-21-6-3-5-18-20(21)15-32(28(18)37)23-8-9-26(35)30-27(23)36/h3-7,10,13,16-17,23,29H,8-9,11-12,14-15H2,1-2H3,(H,30,35,36). The second kappa shape index (κ2) is 9.80. The number of rotatable bonds is 6. The van der Waals surface area contributed by atoms with Crippen LogP contribution in [-0.4, -0.2) is 44.8 Å². The summed E-state index contributed by atoms with van der Waals surface area (Å²) in [6.45, 7) is 5.29. The van der Waals surface area contributed by atoms with Gasteiger partial charge in [0.2, 0.25) is 11.8 Å². The molecule has 2 N–H and O–H groups in total. The number of piperidine rings is 1. The Morgan fingerprint density at radius 2 is 1.81 bits per heavy atom. The Morgan fingerprint density at radius 1 is 1.05 bits per heavy atom. The van der Waals surface area contributed by atoms with Gasteiger partial charge >= 0.3 is 0 Å². The summed E-state index contributed by atoms with van der Waals surface area (Å²) in [5, 5.41) is 5.38. The molecule has 37 heavy (non-hydrogen) atoms.